The number of hydrogen-bond acceptors (Lipinski definition) is 6. The standard InChI is InChI=1S/C14H21N3O5S/c1-9-5-3-4-6-10(9)16-12(18)8-23(20,21)14-15-7-11(17-14)13(19)22-2/h7,9-10H,3-6,8H2,1-2H3,(H,15,17)(H,16,18)/t9-,10+/m1/s1. The van der Waals surface area contributed by atoms with Gasteiger partial charge in [-0.1, -0.05) is 19.8 Å². The van der Waals surface area contributed by atoms with Gasteiger partial charge in [0.2, 0.25) is 20.9 Å². The number of aromatic amines is 1. The van der Waals surface area contributed by atoms with E-state index in [1.165, 1.54) is 7.11 Å². The maximum absolute atomic E-state index is 12.2. The number of hydrogen-bond donors (Lipinski definition) is 2. The van der Waals surface area contributed by atoms with Crippen LogP contribution in [0.25, 0.3) is 0 Å². The molecule has 0 aliphatic heterocycles. The summed E-state index contributed by atoms with van der Waals surface area (Å²) in [6, 6.07) is 0.00804. The van der Waals surface area contributed by atoms with Gasteiger partial charge in [-0.3, -0.25) is 4.79 Å². The highest BCUT2D eigenvalue weighted by Gasteiger charge is 2.27. The van der Waals surface area contributed by atoms with Crippen LogP contribution in [0.1, 0.15) is 43.1 Å². The highest BCUT2D eigenvalue weighted by molar-refractivity contribution is 7.91. The van der Waals surface area contributed by atoms with Crippen LogP contribution in [0.5, 0.6) is 0 Å². The predicted octanol–water partition coefficient (Wildman–Crippen LogP) is 0.665. The summed E-state index contributed by atoms with van der Waals surface area (Å²) in [7, 11) is -2.76. The molecule has 0 bridgehead atoms. The molecule has 1 aliphatic carbocycles. The van der Waals surface area contributed by atoms with E-state index in [9.17, 15) is 18.0 Å². The van der Waals surface area contributed by atoms with Crippen LogP contribution in [0.15, 0.2) is 11.4 Å². The van der Waals surface area contributed by atoms with Crippen LogP contribution < -0.4 is 5.32 Å². The smallest absolute Gasteiger partial charge is 0.356 e. The molecule has 128 valence electrons. The molecule has 8 nitrogen and oxygen atoms in total. The number of nitrogens with one attached hydrogen (secondary N) is 2. The van der Waals surface area contributed by atoms with E-state index in [-0.39, 0.29) is 11.7 Å². The highest BCUT2D eigenvalue weighted by atomic mass is 32.2. The molecule has 1 amide bonds. The molecule has 1 heterocycles. The Morgan fingerprint density at radius 3 is 2.74 bits per heavy atom. The number of amides is 1. The van der Waals surface area contributed by atoms with Crippen LogP contribution in [0.4, 0.5) is 0 Å². The van der Waals surface area contributed by atoms with Gasteiger partial charge in [0.25, 0.3) is 0 Å². The van der Waals surface area contributed by atoms with Crippen LogP contribution in [0.2, 0.25) is 0 Å². The normalized spacial score (nSPS) is 21.7. The molecule has 0 spiro atoms. The summed E-state index contributed by atoms with van der Waals surface area (Å²) in [6.45, 7) is 2.05. The fourth-order valence-corrected chi connectivity index (χ4v) is 3.74. The lowest BCUT2D eigenvalue weighted by atomic mass is 9.86. The minimum absolute atomic E-state index is 0.00804. The zero-order valence-electron chi connectivity index (χ0n) is 13.2. The van der Waals surface area contributed by atoms with Crippen molar-refractivity contribution in [3.8, 4) is 0 Å². The number of imidazole rings is 1. The SMILES string of the molecule is COC(=O)c1cnc(S(=O)(=O)CC(=O)N[C@H]2CCCC[C@H]2C)[nH]1. The summed E-state index contributed by atoms with van der Waals surface area (Å²) in [5, 5.41) is 2.37. The average molecular weight is 343 g/mol. The van der Waals surface area contributed by atoms with Crippen molar-refractivity contribution in [1.29, 1.82) is 0 Å². The third-order valence-corrected chi connectivity index (χ3v) is 5.47. The van der Waals surface area contributed by atoms with Gasteiger partial charge in [-0.05, 0) is 18.8 Å². The fourth-order valence-electron chi connectivity index (χ4n) is 2.69. The van der Waals surface area contributed by atoms with Crippen molar-refractivity contribution >= 4 is 21.7 Å². The maximum atomic E-state index is 12.2. The summed E-state index contributed by atoms with van der Waals surface area (Å²) in [5.41, 5.74) is -0.0765. The number of ether oxygens (including phenoxy) is 1. The Morgan fingerprint density at radius 1 is 1.39 bits per heavy atom. The van der Waals surface area contributed by atoms with E-state index in [0.29, 0.717) is 5.92 Å². The number of nitrogens with zero attached hydrogens (tertiary/aromatic N) is 1. The number of methoxy groups -OCH3 is 1. The lowest BCUT2D eigenvalue weighted by Gasteiger charge is -2.29. The Kier molecular flexibility index (Phi) is 5.40. The zero-order chi connectivity index (χ0) is 17.0. The first-order valence-electron chi connectivity index (χ1n) is 7.49. The second kappa shape index (κ2) is 7.12. The molecule has 0 unspecified atom stereocenters. The minimum atomic E-state index is -3.94. The Bertz CT molecular complexity index is 682. The van der Waals surface area contributed by atoms with Crippen molar-refractivity contribution in [2.75, 3.05) is 12.9 Å². The molecule has 1 fully saturated rings. The Morgan fingerprint density at radius 2 is 2.09 bits per heavy atom. The molecule has 1 aromatic heterocycles. The van der Waals surface area contributed by atoms with E-state index in [1.54, 1.807) is 0 Å². The highest BCUT2D eigenvalue weighted by Crippen LogP contribution is 2.23. The van der Waals surface area contributed by atoms with E-state index in [2.05, 4.69) is 20.0 Å². The number of carbonyl (C=O) groups excluding carboxylic acids is 2. The largest absolute Gasteiger partial charge is 0.464 e. The molecule has 2 N–H and O–H groups in total. The van der Waals surface area contributed by atoms with Gasteiger partial charge in [0.15, 0.2) is 0 Å². The molecular weight excluding hydrogens is 322 g/mol. The first kappa shape index (κ1) is 17.5. The molecule has 0 aromatic carbocycles. The first-order chi connectivity index (χ1) is 10.8. The van der Waals surface area contributed by atoms with Crippen LogP contribution in [-0.4, -0.2) is 49.2 Å². The summed E-state index contributed by atoms with van der Waals surface area (Å²) in [4.78, 5) is 29.3. The molecular formula is C14H21N3O5S. The van der Waals surface area contributed by atoms with Crippen molar-refractivity contribution in [1.82, 2.24) is 15.3 Å². The van der Waals surface area contributed by atoms with Gasteiger partial charge in [0.1, 0.15) is 11.4 Å². The summed E-state index contributed by atoms with van der Waals surface area (Å²) in [6.07, 6.45) is 5.12. The monoisotopic (exact) mass is 343 g/mol. The van der Waals surface area contributed by atoms with Gasteiger partial charge in [-0.15, -0.1) is 0 Å². The fraction of sp³-hybridized carbons (Fsp3) is 0.643. The van der Waals surface area contributed by atoms with Crippen LogP contribution in [-0.2, 0) is 19.4 Å². The number of sulfone groups is 1. The zero-order valence-corrected chi connectivity index (χ0v) is 14.0. The van der Waals surface area contributed by atoms with Crippen molar-refractivity contribution in [2.24, 2.45) is 5.92 Å². The predicted molar refractivity (Wildman–Crippen MR) is 81.5 cm³/mol. The van der Waals surface area contributed by atoms with E-state index < -0.39 is 32.6 Å². The van der Waals surface area contributed by atoms with Gasteiger partial charge in [0, 0.05) is 6.04 Å². The Hall–Kier alpha value is -1.90. The van der Waals surface area contributed by atoms with Crippen molar-refractivity contribution in [3.63, 3.8) is 0 Å². The molecule has 1 saturated carbocycles. The van der Waals surface area contributed by atoms with Crippen LogP contribution in [0.3, 0.4) is 0 Å². The van der Waals surface area contributed by atoms with Crippen LogP contribution in [0, 0.1) is 5.92 Å². The van der Waals surface area contributed by atoms with Gasteiger partial charge in [-0.2, -0.15) is 0 Å². The third-order valence-electron chi connectivity index (χ3n) is 4.03. The maximum Gasteiger partial charge on any atom is 0.356 e. The first-order valence-corrected chi connectivity index (χ1v) is 9.14. The topological polar surface area (TPSA) is 118 Å². The van der Waals surface area contributed by atoms with Gasteiger partial charge in [0.05, 0.1) is 13.3 Å². The molecule has 0 radical (unpaired) electrons. The summed E-state index contributed by atoms with van der Waals surface area (Å²) < 4.78 is 28.8. The number of esters is 1. The van der Waals surface area contributed by atoms with E-state index in [0.717, 1.165) is 31.9 Å². The van der Waals surface area contributed by atoms with E-state index in [1.807, 2.05) is 6.92 Å². The number of carbonyl (C=O) groups is 2. The Balaban J connectivity index is 2.01. The number of rotatable bonds is 5. The molecule has 1 aliphatic rings. The van der Waals surface area contributed by atoms with Crippen molar-refractivity contribution in [3.05, 3.63) is 11.9 Å². The molecule has 23 heavy (non-hydrogen) atoms. The lowest BCUT2D eigenvalue weighted by molar-refractivity contribution is -0.119. The van der Waals surface area contributed by atoms with Gasteiger partial charge in [-0.25, -0.2) is 18.2 Å². The van der Waals surface area contributed by atoms with Crippen LogP contribution >= 0.6 is 0 Å². The van der Waals surface area contributed by atoms with Gasteiger partial charge < -0.3 is 15.0 Å². The number of aromatic nitrogens is 2. The second-order valence-corrected chi connectivity index (χ2v) is 7.69. The lowest BCUT2D eigenvalue weighted by Crippen LogP contribution is -2.43. The minimum Gasteiger partial charge on any atom is -0.464 e. The average Bonchev–Trinajstić information content (AvgIpc) is 2.99. The molecule has 2 atom stereocenters. The third kappa shape index (κ3) is 4.31. The molecule has 0 saturated heterocycles. The second-order valence-electron chi connectivity index (χ2n) is 5.79. The number of H-pyrrole nitrogens is 1. The van der Waals surface area contributed by atoms with Crippen molar-refractivity contribution < 1.29 is 22.7 Å². The van der Waals surface area contributed by atoms with Crippen molar-refractivity contribution in [2.45, 2.75) is 43.8 Å². The molecule has 9 heteroatoms. The quantitative estimate of drug-likeness (QED) is 0.758. The van der Waals surface area contributed by atoms with E-state index in [4.69, 9.17) is 0 Å². The Labute approximate surface area is 134 Å². The summed E-state index contributed by atoms with van der Waals surface area (Å²) >= 11 is 0. The molecule has 1 aromatic rings. The van der Waals surface area contributed by atoms with Gasteiger partial charge >= 0.3 is 5.97 Å². The summed E-state index contributed by atoms with van der Waals surface area (Å²) in [5.74, 6) is -1.64. The molecule has 2 rings (SSSR count). The van der Waals surface area contributed by atoms with E-state index >= 15 is 0 Å².